The number of ether oxygens (including phenoxy) is 2. The minimum atomic E-state index is -0.129. The van der Waals surface area contributed by atoms with Gasteiger partial charge in [0.15, 0.2) is 17.3 Å². The van der Waals surface area contributed by atoms with Crippen molar-refractivity contribution < 1.29 is 14.3 Å². The number of nitrogens with one attached hydrogen (secondary N) is 1. The number of halogens is 1. The Kier molecular flexibility index (Phi) is 3.78. The highest BCUT2D eigenvalue weighted by Gasteiger charge is 2.30. The van der Waals surface area contributed by atoms with E-state index >= 15 is 0 Å². The van der Waals surface area contributed by atoms with Crippen molar-refractivity contribution in [2.75, 3.05) is 6.79 Å². The number of ketones is 1. The summed E-state index contributed by atoms with van der Waals surface area (Å²) in [6.45, 7) is 0.254. The molecule has 2 aromatic carbocycles. The van der Waals surface area contributed by atoms with Gasteiger partial charge in [-0.25, -0.2) is 0 Å². The van der Waals surface area contributed by atoms with Crippen molar-refractivity contribution in [3.8, 4) is 11.5 Å². The lowest BCUT2D eigenvalue weighted by atomic mass is 9.86. The molecule has 0 spiro atoms. The Bertz CT molecular complexity index is 1020. The Labute approximate surface area is 159 Å². The summed E-state index contributed by atoms with van der Waals surface area (Å²) in [6.07, 6.45) is 3.99. The first-order chi connectivity index (χ1) is 12.7. The zero-order chi connectivity index (χ0) is 17.7. The summed E-state index contributed by atoms with van der Waals surface area (Å²) in [5.74, 6) is 1.59. The first-order valence-electron chi connectivity index (χ1n) is 8.94. The lowest BCUT2D eigenvalue weighted by Gasteiger charge is -2.15. The van der Waals surface area contributed by atoms with Crippen LogP contribution in [0, 0.1) is 0 Å². The van der Waals surface area contributed by atoms with Gasteiger partial charge in [0.2, 0.25) is 6.79 Å². The van der Waals surface area contributed by atoms with Crippen LogP contribution < -0.4 is 9.47 Å². The van der Waals surface area contributed by atoms with Gasteiger partial charge in [0, 0.05) is 38.6 Å². The van der Waals surface area contributed by atoms with Gasteiger partial charge in [-0.05, 0) is 43.0 Å². The van der Waals surface area contributed by atoms with Crippen molar-refractivity contribution in [2.45, 2.75) is 31.6 Å². The van der Waals surface area contributed by atoms with E-state index in [1.54, 1.807) is 0 Å². The van der Waals surface area contributed by atoms with Crippen molar-refractivity contribution in [2.24, 2.45) is 0 Å². The quantitative estimate of drug-likeness (QED) is 0.456. The third-order valence-corrected chi connectivity index (χ3v) is 5.85. The van der Waals surface area contributed by atoms with E-state index in [1.807, 2.05) is 36.4 Å². The highest BCUT2D eigenvalue weighted by molar-refractivity contribution is 9.10. The number of aryl methyl sites for hydroxylation is 1. The van der Waals surface area contributed by atoms with Crippen LogP contribution >= 0.6 is 15.9 Å². The highest BCUT2D eigenvalue weighted by Crippen LogP contribution is 2.43. The van der Waals surface area contributed by atoms with Gasteiger partial charge in [-0.15, -0.1) is 0 Å². The zero-order valence-electron chi connectivity index (χ0n) is 14.2. The zero-order valence-corrected chi connectivity index (χ0v) is 15.8. The molecule has 0 saturated heterocycles. The van der Waals surface area contributed by atoms with Crippen LogP contribution in [0.1, 0.15) is 46.8 Å². The predicted octanol–water partition coefficient (Wildman–Crippen LogP) is 5.35. The number of H-pyrrole nitrogens is 1. The van der Waals surface area contributed by atoms with Crippen LogP contribution in [-0.4, -0.2) is 17.6 Å². The fourth-order valence-corrected chi connectivity index (χ4v) is 4.55. The molecular weight excluding hydrogens is 394 g/mol. The molecule has 4 nitrogen and oxygen atoms in total. The maximum atomic E-state index is 13.4. The van der Waals surface area contributed by atoms with E-state index in [1.165, 1.54) is 5.69 Å². The molecule has 132 valence electrons. The number of aromatic nitrogens is 1. The number of aromatic amines is 1. The molecule has 2 heterocycles. The van der Waals surface area contributed by atoms with E-state index in [9.17, 15) is 4.79 Å². The first kappa shape index (κ1) is 15.9. The number of fused-ring (bicyclic) bond motifs is 4. The van der Waals surface area contributed by atoms with Crippen LogP contribution in [0.15, 0.2) is 40.9 Å². The minimum absolute atomic E-state index is 0.129. The topological polar surface area (TPSA) is 51.3 Å². The molecule has 1 N–H and O–H groups in total. The Morgan fingerprint density at radius 1 is 1.12 bits per heavy atom. The third kappa shape index (κ3) is 2.53. The van der Waals surface area contributed by atoms with Crippen LogP contribution in [-0.2, 0) is 6.42 Å². The van der Waals surface area contributed by atoms with Crippen LogP contribution in [0.3, 0.4) is 0 Å². The monoisotopic (exact) mass is 411 g/mol. The van der Waals surface area contributed by atoms with Crippen LogP contribution in [0.2, 0.25) is 0 Å². The summed E-state index contributed by atoms with van der Waals surface area (Å²) in [7, 11) is 0. The second-order valence-corrected chi connectivity index (χ2v) is 7.86. The minimum Gasteiger partial charge on any atom is -0.454 e. The molecule has 1 aromatic heterocycles. The van der Waals surface area contributed by atoms with Gasteiger partial charge >= 0.3 is 0 Å². The molecule has 1 aliphatic carbocycles. The molecule has 26 heavy (non-hydrogen) atoms. The molecule has 0 fully saturated rings. The molecule has 5 heteroatoms. The largest absolute Gasteiger partial charge is 0.454 e. The van der Waals surface area contributed by atoms with E-state index in [0.717, 1.165) is 63.7 Å². The summed E-state index contributed by atoms with van der Waals surface area (Å²) < 4.78 is 12.0. The molecule has 1 atom stereocenters. The Morgan fingerprint density at radius 3 is 2.81 bits per heavy atom. The number of benzene rings is 2. The number of carbonyl (C=O) groups is 1. The number of carbonyl (C=O) groups excluding carboxylic acids is 1. The SMILES string of the molecule is O=C(c1cccc(Br)c1)C1CCCCc2[nH]c3cc4c(cc3c21)OCO4. The molecule has 1 aliphatic heterocycles. The average Bonchev–Trinajstić information content (AvgIpc) is 3.17. The number of Topliss-reactive ketones (excluding diaryl/α,β-unsaturated/α-hetero) is 1. The molecule has 0 amide bonds. The van der Waals surface area contributed by atoms with Crippen LogP contribution in [0.25, 0.3) is 10.9 Å². The Balaban J connectivity index is 1.66. The average molecular weight is 412 g/mol. The summed E-state index contributed by atoms with van der Waals surface area (Å²) in [5, 5.41) is 1.08. The fourth-order valence-electron chi connectivity index (χ4n) is 4.16. The van der Waals surface area contributed by atoms with Crippen molar-refractivity contribution in [1.82, 2.24) is 4.98 Å². The molecular formula is C21H18BrNO3. The number of hydrogen-bond donors (Lipinski definition) is 1. The summed E-state index contributed by atoms with van der Waals surface area (Å²) in [4.78, 5) is 16.9. The van der Waals surface area contributed by atoms with E-state index in [2.05, 4.69) is 20.9 Å². The molecule has 3 aromatic rings. The summed E-state index contributed by atoms with van der Waals surface area (Å²) in [5.41, 5.74) is 4.09. The normalized spacial score (nSPS) is 18.6. The van der Waals surface area contributed by atoms with E-state index in [-0.39, 0.29) is 18.5 Å². The van der Waals surface area contributed by atoms with E-state index < -0.39 is 0 Å². The van der Waals surface area contributed by atoms with Crippen LogP contribution in [0.5, 0.6) is 11.5 Å². The lowest BCUT2D eigenvalue weighted by molar-refractivity contribution is 0.0955. The summed E-state index contributed by atoms with van der Waals surface area (Å²) >= 11 is 3.48. The van der Waals surface area contributed by atoms with Gasteiger partial charge < -0.3 is 14.5 Å². The van der Waals surface area contributed by atoms with Gasteiger partial charge in [-0.2, -0.15) is 0 Å². The highest BCUT2D eigenvalue weighted by atomic mass is 79.9. The number of rotatable bonds is 2. The van der Waals surface area contributed by atoms with Gasteiger partial charge in [-0.1, -0.05) is 34.5 Å². The van der Waals surface area contributed by atoms with Crippen molar-refractivity contribution in [1.29, 1.82) is 0 Å². The molecule has 1 unspecified atom stereocenters. The molecule has 0 saturated carbocycles. The van der Waals surface area contributed by atoms with Gasteiger partial charge in [0.05, 0.1) is 0 Å². The van der Waals surface area contributed by atoms with Crippen molar-refractivity contribution in [3.63, 3.8) is 0 Å². The van der Waals surface area contributed by atoms with Crippen molar-refractivity contribution in [3.05, 3.63) is 57.7 Å². The number of hydrogen-bond acceptors (Lipinski definition) is 3. The van der Waals surface area contributed by atoms with Crippen LogP contribution in [0.4, 0.5) is 0 Å². The van der Waals surface area contributed by atoms with Gasteiger partial charge in [-0.3, -0.25) is 4.79 Å². The second-order valence-electron chi connectivity index (χ2n) is 6.94. The van der Waals surface area contributed by atoms with Gasteiger partial charge in [0.1, 0.15) is 0 Å². The van der Waals surface area contributed by atoms with E-state index in [4.69, 9.17) is 9.47 Å². The maximum absolute atomic E-state index is 13.4. The molecule has 0 radical (unpaired) electrons. The van der Waals surface area contributed by atoms with Crippen molar-refractivity contribution >= 4 is 32.6 Å². The first-order valence-corrected chi connectivity index (χ1v) is 9.74. The second kappa shape index (κ2) is 6.16. The Hall–Kier alpha value is -2.27. The van der Waals surface area contributed by atoms with Gasteiger partial charge in [0.25, 0.3) is 0 Å². The third-order valence-electron chi connectivity index (χ3n) is 5.36. The predicted molar refractivity (Wildman–Crippen MR) is 103 cm³/mol. The standard InChI is InChI=1S/C21H18BrNO3/c22-13-5-3-4-12(8-13)21(24)14-6-1-2-7-16-20(14)15-9-18-19(26-11-25-18)10-17(15)23-16/h3-5,8-10,14,23H,1-2,6-7,11H2. The molecule has 0 bridgehead atoms. The maximum Gasteiger partial charge on any atom is 0.231 e. The Morgan fingerprint density at radius 2 is 1.96 bits per heavy atom. The smallest absolute Gasteiger partial charge is 0.231 e. The lowest BCUT2D eigenvalue weighted by Crippen LogP contribution is -2.13. The molecule has 5 rings (SSSR count). The van der Waals surface area contributed by atoms with E-state index in [0.29, 0.717) is 0 Å². The summed E-state index contributed by atoms with van der Waals surface area (Å²) in [6, 6.07) is 11.7. The fraction of sp³-hybridized carbons (Fsp3) is 0.286. The molecule has 2 aliphatic rings.